The summed E-state index contributed by atoms with van der Waals surface area (Å²) < 4.78 is 5.06. The molecule has 2 aromatic heterocycles. The molecule has 8 aromatic rings. The van der Waals surface area contributed by atoms with E-state index in [-0.39, 0.29) is 0 Å². The highest BCUT2D eigenvalue weighted by Crippen LogP contribution is 2.43. The van der Waals surface area contributed by atoms with Gasteiger partial charge in [0.1, 0.15) is 0 Å². The maximum Gasteiger partial charge on any atom is 0.0541 e. The fraction of sp³-hybridized carbons (Fsp3) is 0. The lowest BCUT2D eigenvalue weighted by Crippen LogP contribution is -1.93. The van der Waals surface area contributed by atoms with E-state index in [1.54, 1.807) is 0 Å². The van der Waals surface area contributed by atoms with Gasteiger partial charge in [-0.25, -0.2) is 0 Å². The first-order chi connectivity index (χ1) is 18.9. The largest absolute Gasteiger partial charge is 0.309 e. The van der Waals surface area contributed by atoms with Crippen LogP contribution in [0.3, 0.4) is 0 Å². The summed E-state index contributed by atoms with van der Waals surface area (Å²) in [7, 11) is 0. The number of aromatic nitrogens is 1. The SMILES string of the molecule is c1ccc(-n2c3ccccc3c3cc(-c4ccccc4-c4cccc5c4sc4ccccc45)ccc32)cc1. The Balaban J connectivity index is 1.38. The molecule has 38 heavy (non-hydrogen) atoms. The molecule has 0 aliphatic rings. The van der Waals surface area contributed by atoms with Gasteiger partial charge in [0, 0.05) is 42.2 Å². The van der Waals surface area contributed by atoms with E-state index in [1.165, 1.54) is 69.9 Å². The lowest BCUT2D eigenvalue weighted by molar-refractivity contribution is 1.18. The van der Waals surface area contributed by atoms with Gasteiger partial charge in [0.15, 0.2) is 0 Å². The van der Waals surface area contributed by atoms with Crippen LogP contribution in [0.5, 0.6) is 0 Å². The summed E-state index contributed by atoms with van der Waals surface area (Å²) in [5.74, 6) is 0. The zero-order valence-electron chi connectivity index (χ0n) is 20.6. The standard InChI is InChI=1S/C36H23NS/c1-2-11-25(12-3-1)37-33-19-8-6-15-28(33)32-23-24(21-22-34(32)37)26-13-4-5-14-27(26)30-17-10-18-31-29-16-7-9-20-35(29)38-36(30)31/h1-23H. The molecule has 178 valence electrons. The third kappa shape index (κ3) is 3.17. The van der Waals surface area contributed by atoms with Crippen LogP contribution in [-0.2, 0) is 0 Å². The summed E-state index contributed by atoms with van der Waals surface area (Å²) in [6.45, 7) is 0. The van der Waals surface area contributed by atoms with Gasteiger partial charge in [-0.15, -0.1) is 11.3 Å². The van der Waals surface area contributed by atoms with Gasteiger partial charge in [0.05, 0.1) is 11.0 Å². The maximum atomic E-state index is 2.38. The van der Waals surface area contributed by atoms with E-state index in [0.29, 0.717) is 0 Å². The highest BCUT2D eigenvalue weighted by atomic mass is 32.1. The molecule has 0 unspecified atom stereocenters. The first-order valence-electron chi connectivity index (χ1n) is 13.0. The first-order valence-corrected chi connectivity index (χ1v) is 13.8. The molecule has 0 aliphatic heterocycles. The molecule has 2 heterocycles. The minimum Gasteiger partial charge on any atom is -0.309 e. The Labute approximate surface area is 224 Å². The van der Waals surface area contributed by atoms with Crippen LogP contribution in [-0.4, -0.2) is 4.57 Å². The zero-order chi connectivity index (χ0) is 25.1. The second-order valence-corrected chi connectivity index (χ2v) is 10.8. The fourth-order valence-corrected chi connectivity index (χ4v) is 7.16. The number of nitrogens with zero attached hydrogens (tertiary/aromatic N) is 1. The molecule has 0 saturated heterocycles. The van der Waals surface area contributed by atoms with Crippen LogP contribution in [0.25, 0.3) is 69.9 Å². The lowest BCUT2D eigenvalue weighted by Gasteiger charge is -2.12. The Bertz CT molecular complexity index is 2130. The van der Waals surface area contributed by atoms with Crippen molar-refractivity contribution in [2.75, 3.05) is 0 Å². The molecular weight excluding hydrogens is 478 g/mol. The van der Waals surface area contributed by atoms with Crippen molar-refractivity contribution in [3.05, 3.63) is 140 Å². The van der Waals surface area contributed by atoms with Crippen LogP contribution in [0.1, 0.15) is 0 Å². The average molecular weight is 502 g/mol. The van der Waals surface area contributed by atoms with Crippen LogP contribution < -0.4 is 0 Å². The summed E-state index contributed by atoms with van der Waals surface area (Å²) in [6.07, 6.45) is 0. The quantitative estimate of drug-likeness (QED) is 0.227. The van der Waals surface area contributed by atoms with Crippen molar-refractivity contribution in [1.29, 1.82) is 0 Å². The van der Waals surface area contributed by atoms with E-state index < -0.39 is 0 Å². The summed E-state index contributed by atoms with van der Waals surface area (Å²) in [5.41, 5.74) is 8.71. The third-order valence-electron chi connectivity index (χ3n) is 7.62. The number of thiophene rings is 1. The van der Waals surface area contributed by atoms with Crippen LogP contribution in [0, 0.1) is 0 Å². The Kier molecular flexibility index (Phi) is 4.76. The van der Waals surface area contributed by atoms with Crippen LogP contribution in [0.4, 0.5) is 0 Å². The van der Waals surface area contributed by atoms with E-state index in [1.807, 2.05) is 11.3 Å². The summed E-state index contributed by atoms with van der Waals surface area (Å²) in [4.78, 5) is 0. The highest BCUT2D eigenvalue weighted by molar-refractivity contribution is 7.26. The highest BCUT2D eigenvalue weighted by Gasteiger charge is 2.16. The normalized spacial score (nSPS) is 11.7. The summed E-state index contributed by atoms with van der Waals surface area (Å²) in [6, 6.07) is 50.6. The Morgan fingerprint density at radius 3 is 1.97 bits per heavy atom. The van der Waals surface area contributed by atoms with Crippen molar-refractivity contribution < 1.29 is 0 Å². The molecule has 6 aromatic carbocycles. The molecule has 0 N–H and O–H groups in total. The van der Waals surface area contributed by atoms with Crippen LogP contribution in [0.2, 0.25) is 0 Å². The molecule has 0 spiro atoms. The molecule has 0 aliphatic carbocycles. The fourth-order valence-electron chi connectivity index (χ4n) is 5.92. The smallest absolute Gasteiger partial charge is 0.0541 e. The Morgan fingerprint density at radius 2 is 1.08 bits per heavy atom. The van der Waals surface area contributed by atoms with E-state index in [0.717, 1.165) is 0 Å². The van der Waals surface area contributed by atoms with Gasteiger partial charge >= 0.3 is 0 Å². The van der Waals surface area contributed by atoms with Crippen LogP contribution >= 0.6 is 11.3 Å². The molecule has 0 fully saturated rings. The average Bonchev–Trinajstić information content (AvgIpc) is 3.53. The lowest BCUT2D eigenvalue weighted by atomic mass is 9.93. The molecular formula is C36H23NS. The second-order valence-electron chi connectivity index (χ2n) is 9.75. The van der Waals surface area contributed by atoms with Crippen molar-refractivity contribution in [2.24, 2.45) is 0 Å². The number of rotatable bonds is 3. The first kappa shape index (κ1) is 21.4. The predicted octanol–water partition coefficient (Wildman–Crippen LogP) is 10.5. The second kappa shape index (κ2) is 8.44. The number of hydrogen-bond donors (Lipinski definition) is 0. The van der Waals surface area contributed by atoms with E-state index in [4.69, 9.17) is 0 Å². The van der Waals surface area contributed by atoms with Gasteiger partial charge < -0.3 is 4.57 Å². The van der Waals surface area contributed by atoms with E-state index in [2.05, 4.69) is 144 Å². The van der Waals surface area contributed by atoms with Crippen molar-refractivity contribution in [3.8, 4) is 27.9 Å². The predicted molar refractivity (Wildman–Crippen MR) is 165 cm³/mol. The van der Waals surface area contributed by atoms with Gasteiger partial charge in [-0.2, -0.15) is 0 Å². The minimum absolute atomic E-state index is 1.18. The Morgan fingerprint density at radius 1 is 0.421 bits per heavy atom. The molecule has 0 amide bonds. The summed E-state index contributed by atoms with van der Waals surface area (Å²) >= 11 is 1.89. The van der Waals surface area contributed by atoms with Gasteiger partial charge in [-0.1, -0.05) is 103 Å². The summed E-state index contributed by atoms with van der Waals surface area (Å²) in [5, 5.41) is 5.22. The van der Waals surface area contributed by atoms with E-state index >= 15 is 0 Å². The minimum atomic E-state index is 1.18. The van der Waals surface area contributed by atoms with Crippen molar-refractivity contribution in [1.82, 2.24) is 4.57 Å². The molecule has 0 saturated carbocycles. The monoisotopic (exact) mass is 501 g/mol. The molecule has 2 heteroatoms. The van der Waals surface area contributed by atoms with Crippen molar-refractivity contribution in [3.63, 3.8) is 0 Å². The van der Waals surface area contributed by atoms with E-state index in [9.17, 15) is 0 Å². The number of hydrogen-bond acceptors (Lipinski definition) is 1. The Hall–Kier alpha value is -4.66. The molecule has 0 atom stereocenters. The van der Waals surface area contributed by atoms with Gasteiger partial charge in [0.2, 0.25) is 0 Å². The molecule has 8 rings (SSSR count). The number of fused-ring (bicyclic) bond motifs is 6. The molecule has 0 bridgehead atoms. The maximum absolute atomic E-state index is 2.38. The van der Waals surface area contributed by atoms with Gasteiger partial charge in [0.25, 0.3) is 0 Å². The van der Waals surface area contributed by atoms with Crippen molar-refractivity contribution in [2.45, 2.75) is 0 Å². The van der Waals surface area contributed by atoms with Crippen LogP contribution in [0.15, 0.2) is 140 Å². The molecule has 1 nitrogen and oxygen atoms in total. The topological polar surface area (TPSA) is 4.93 Å². The number of para-hydroxylation sites is 2. The molecule has 0 radical (unpaired) electrons. The van der Waals surface area contributed by atoms with Gasteiger partial charge in [-0.05, 0) is 53.1 Å². The van der Waals surface area contributed by atoms with Crippen molar-refractivity contribution >= 4 is 53.3 Å². The third-order valence-corrected chi connectivity index (χ3v) is 8.84. The zero-order valence-corrected chi connectivity index (χ0v) is 21.5. The van der Waals surface area contributed by atoms with Gasteiger partial charge in [-0.3, -0.25) is 0 Å². The number of benzene rings is 6.